The zero-order valence-corrected chi connectivity index (χ0v) is 13.2. The molecule has 110 valence electrons. The zero-order chi connectivity index (χ0) is 15.4. The predicted molar refractivity (Wildman–Crippen MR) is 87.7 cm³/mol. The van der Waals surface area contributed by atoms with Gasteiger partial charge in [0, 0.05) is 23.8 Å². The van der Waals surface area contributed by atoms with Crippen LogP contribution in [0, 0.1) is 0 Å². The Hall–Kier alpha value is -1.71. The fourth-order valence-electron chi connectivity index (χ4n) is 2.06. The maximum absolute atomic E-state index is 12.6. The smallest absolute Gasteiger partial charge is 0.255 e. The standard InChI is InChI=1S/C16H16Cl2N2O/c1-2-20(10-11-4-3-5-12(17)8-11)16(21)14-7-6-13(19)9-15(14)18/h3-9H,2,10,19H2,1H3. The fraction of sp³-hybridized carbons (Fsp3) is 0.188. The van der Waals surface area contributed by atoms with Gasteiger partial charge in [-0.1, -0.05) is 35.3 Å². The van der Waals surface area contributed by atoms with Crippen molar-refractivity contribution in [2.24, 2.45) is 0 Å². The fourth-order valence-corrected chi connectivity index (χ4v) is 2.54. The summed E-state index contributed by atoms with van der Waals surface area (Å²) in [6.07, 6.45) is 0. The Balaban J connectivity index is 2.22. The van der Waals surface area contributed by atoms with Gasteiger partial charge in [-0.2, -0.15) is 0 Å². The molecule has 0 radical (unpaired) electrons. The number of nitrogen functional groups attached to an aromatic ring is 1. The number of hydrogen-bond donors (Lipinski definition) is 1. The SMILES string of the molecule is CCN(Cc1cccc(Cl)c1)C(=O)c1ccc(N)cc1Cl. The Bertz CT molecular complexity index is 658. The molecule has 1 amide bonds. The van der Waals surface area contributed by atoms with Gasteiger partial charge in [0.15, 0.2) is 0 Å². The van der Waals surface area contributed by atoms with Crippen LogP contribution in [0.5, 0.6) is 0 Å². The maximum Gasteiger partial charge on any atom is 0.255 e. The quantitative estimate of drug-likeness (QED) is 0.856. The number of anilines is 1. The van der Waals surface area contributed by atoms with Crippen LogP contribution >= 0.6 is 23.2 Å². The molecule has 2 aromatic carbocycles. The van der Waals surface area contributed by atoms with Gasteiger partial charge in [-0.25, -0.2) is 0 Å². The van der Waals surface area contributed by atoms with E-state index >= 15 is 0 Å². The van der Waals surface area contributed by atoms with Gasteiger partial charge in [0.25, 0.3) is 5.91 Å². The van der Waals surface area contributed by atoms with Crippen molar-refractivity contribution in [3.8, 4) is 0 Å². The van der Waals surface area contributed by atoms with Crippen molar-refractivity contribution in [3.63, 3.8) is 0 Å². The third-order valence-corrected chi connectivity index (χ3v) is 3.70. The first-order chi connectivity index (χ1) is 10.0. The van der Waals surface area contributed by atoms with E-state index in [-0.39, 0.29) is 5.91 Å². The van der Waals surface area contributed by atoms with Crippen molar-refractivity contribution >= 4 is 34.8 Å². The van der Waals surface area contributed by atoms with Crippen LogP contribution in [-0.2, 0) is 6.54 Å². The number of halogens is 2. The summed E-state index contributed by atoms with van der Waals surface area (Å²) in [6.45, 7) is 2.98. The molecule has 0 aliphatic heterocycles. The predicted octanol–water partition coefficient (Wildman–Crippen LogP) is 4.24. The second-order valence-corrected chi connectivity index (χ2v) is 5.53. The van der Waals surface area contributed by atoms with Crippen molar-refractivity contribution < 1.29 is 4.79 Å². The summed E-state index contributed by atoms with van der Waals surface area (Å²) in [6, 6.07) is 12.4. The summed E-state index contributed by atoms with van der Waals surface area (Å²) >= 11 is 12.1. The normalized spacial score (nSPS) is 10.4. The molecule has 0 bridgehead atoms. The van der Waals surface area contributed by atoms with Crippen molar-refractivity contribution in [2.75, 3.05) is 12.3 Å². The molecule has 2 N–H and O–H groups in total. The first-order valence-electron chi connectivity index (χ1n) is 6.60. The highest BCUT2D eigenvalue weighted by Crippen LogP contribution is 2.22. The van der Waals surface area contributed by atoms with Crippen molar-refractivity contribution in [1.29, 1.82) is 0 Å². The highest BCUT2D eigenvalue weighted by atomic mass is 35.5. The molecule has 3 nitrogen and oxygen atoms in total. The molecule has 5 heteroatoms. The lowest BCUT2D eigenvalue weighted by molar-refractivity contribution is 0.0753. The molecule has 2 aromatic rings. The van der Waals surface area contributed by atoms with Gasteiger partial charge in [-0.15, -0.1) is 0 Å². The van der Waals surface area contributed by atoms with Crippen LogP contribution in [0.2, 0.25) is 10.0 Å². The summed E-state index contributed by atoms with van der Waals surface area (Å²) in [4.78, 5) is 14.3. The number of nitrogens with zero attached hydrogens (tertiary/aromatic N) is 1. The monoisotopic (exact) mass is 322 g/mol. The summed E-state index contributed by atoms with van der Waals surface area (Å²) in [5.41, 5.74) is 7.62. The number of carbonyl (C=O) groups excluding carboxylic acids is 1. The van der Waals surface area contributed by atoms with E-state index in [1.165, 1.54) is 0 Å². The molecule has 21 heavy (non-hydrogen) atoms. The van der Waals surface area contributed by atoms with Gasteiger partial charge in [0.05, 0.1) is 10.6 Å². The van der Waals surface area contributed by atoms with E-state index in [9.17, 15) is 4.79 Å². The van der Waals surface area contributed by atoms with Crippen LogP contribution in [0.1, 0.15) is 22.8 Å². The van der Waals surface area contributed by atoms with Crippen LogP contribution in [0.15, 0.2) is 42.5 Å². The molecule has 0 saturated carbocycles. The number of benzene rings is 2. The molecule has 0 atom stereocenters. The molecule has 2 rings (SSSR count). The maximum atomic E-state index is 12.6. The third-order valence-electron chi connectivity index (χ3n) is 3.15. The molecular formula is C16H16Cl2N2O. The minimum atomic E-state index is -0.123. The summed E-state index contributed by atoms with van der Waals surface area (Å²) < 4.78 is 0. The second kappa shape index (κ2) is 6.83. The highest BCUT2D eigenvalue weighted by Gasteiger charge is 2.17. The summed E-state index contributed by atoms with van der Waals surface area (Å²) in [5, 5.41) is 1.02. The van der Waals surface area contributed by atoms with E-state index < -0.39 is 0 Å². The van der Waals surface area contributed by atoms with E-state index in [4.69, 9.17) is 28.9 Å². The number of carbonyl (C=O) groups is 1. The molecule has 0 saturated heterocycles. The van der Waals surface area contributed by atoms with Crippen LogP contribution in [0.25, 0.3) is 0 Å². The zero-order valence-electron chi connectivity index (χ0n) is 11.6. The lowest BCUT2D eigenvalue weighted by Crippen LogP contribution is -2.30. The average molecular weight is 323 g/mol. The number of nitrogens with two attached hydrogens (primary N) is 1. The van der Waals surface area contributed by atoms with Gasteiger partial charge in [-0.3, -0.25) is 4.79 Å². The lowest BCUT2D eigenvalue weighted by atomic mass is 10.1. The van der Waals surface area contributed by atoms with E-state index in [1.54, 1.807) is 29.2 Å². The Morgan fingerprint density at radius 3 is 2.57 bits per heavy atom. The summed E-state index contributed by atoms with van der Waals surface area (Å²) in [5.74, 6) is -0.123. The van der Waals surface area contributed by atoms with Gasteiger partial charge in [-0.05, 0) is 42.8 Å². The first-order valence-corrected chi connectivity index (χ1v) is 7.35. The molecule has 0 aliphatic carbocycles. The van der Waals surface area contributed by atoms with E-state index in [0.717, 1.165) is 5.56 Å². The third kappa shape index (κ3) is 3.90. The molecule has 0 heterocycles. The van der Waals surface area contributed by atoms with Crippen molar-refractivity contribution in [2.45, 2.75) is 13.5 Å². The Morgan fingerprint density at radius 2 is 1.95 bits per heavy atom. The molecule has 0 spiro atoms. The van der Waals surface area contributed by atoms with Gasteiger partial charge in [0.1, 0.15) is 0 Å². The number of hydrogen-bond acceptors (Lipinski definition) is 2. The topological polar surface area (TPSA) is 46.3 Å². The van der Waals surface area contributed by atoms with Crippen molar-refractivity contribution in [3.05, 3.63) is 63.6 Å². The van der Waals surface area contributed by atoms with E-state index in [0.29, 0.717) is 34.4 Å². The van der Waals surface area contributed by atoms with Gasteiger partial charge >= 0.3 is 0 Å². The number of amides is 1. The van der Waals surface area contributed by atoms with Crippen LogP contribution in [-0.4, -0.2) is 17.4 Å². The Morgan fingerprint density at radius 1 is 1.19 bits per heavy atom. The average Bonchev–Trinajstić information content (AvgIpc) is 2.44. The molecule has 0 aliphatic rings. The minimum absolute atomic E-state index is 0.123. The lowest BCUT2D eigenvalue weighted by Gasteiger charge is -2.22. The first kappa shape index (κ1) is 15.7. The van der Waals surface area contributed by atoms with E-state index in [1.807, 2.05) is 25.1 Å². The largest absolute Gasteiger partial charge is 0.399 e. The molecular weight excluding hydrogens is 307 g/mol. The van der Waals surface area contributed by atoms with Crippen LogP contribution in [0.4, 0.5) is 5.69 Å². The summed E-state index contributed by atoms with van der Waals surface area (Å²) in [7, 11) is 0. The molecule has 0 unspecified atom stereocenters. The van der Waals surface area contributed by atoms with Crippen molar-refractivity contribution in [1.82, 2.24) is 4.90 Å². The van der Waals surface area contributed by atoms with Crippen LogP contribution in [0.3, 0.4) is 0 Å². The Labute approximate surface area is 134 Å². The molecule has 0 fully saturated rings. The Kier molecular flexibility index (Phi) is 5.10. The van der Waals surface area contributed by atoms with Gasteiger partial charge < -0.3 is 10.6 Å². The second-order valence-electron chi connectivity index (χ2n) is 4.69. The minimum Gasteiger partial charge on any atom is -0.399 e. The van der Waals surface area contributed by atoms with Crippen LogP contribution < -0.4 is 5.73 Å². The molecule has 0 aromatic heterocycles. The van der Waals surface area contributed by atoms with E-state index in [2.05, 4.69) is 0 Å². The van der Waals surface area contributed by atoms with Gasteiger partial charge in [0.2, 0.25) is 0 Å². The number of rotatable bonds is 4. The highest BCUT2D eigenvalue weighted by molar-refractivity contribution is 6.34.